The Kier molecular flexibility index (Phi) is 4.07. The zero-order valence-electron chi connectivity index (χ0n) is 11.4. The van der Waals surface area contributed by atoms with Gasteiger partial charge < -0.3 is 16.2 Å². The van der Waals surface area contributed by atoms with E-state index in [0.29, 0.717) is 0 Å². The molecule has 19 heavy (non-hydrogen) atoms. The van der Waals surface area contributed by atoms with Gasteiger partial charge in [0.1, 0.15) is 5.75 Å². The third-order valence-electron chi connectivity index (χ3n) is 3.34. The van der Waals surface area contributed by atoms with Crippen molar-refractivity contribution in [2.45, 2.75) is 19.4 Å². The van der Waals surface area contributed by atoms with Crippen LogP contribution in [0.5, 0.6) is 5.75 Å². The van der Waals surface area contributed by atoms with Crippen molar-refractivity contribution < 1.29 is 4.74 Å². The number of rotatable bonds is 4. The van der Waals surface area contributed by atoms with E-state index in [4.69, 9.17) is 16.2 Å². The summed E-state index contributed by atoms with van der Waals surface area (Å²) in [4.78, 5) is 0. The summed E-state index contributed by atoms with van der Waals surface area (Å²) in [7, 11) is 1.66. The fraction of sp³-hybridized carbons (Fsp3) is 0.250. The summed E-state index contributed by atoms with van der Waals surface area (Å²) in [5.41, 5.74) is 16.3. The molecule has 0 saturated carbocycles. The molecule has 0 spiro atoms. The smallest absolute Gasteiger partial charge is 0.118 e. The van der Waals surface area contributed by atoms with Crippen LogP contribution in [0, 0.1) is 6.92 Å². The lowest BCUT2D eigenvalue weighted by molar-refractivity contribution is 0.414. The predicted octanol–water partition coefficient (Wildman–Crippen LogP) is 2.83. The SMILES string of the molecule is COc1ccc(CC(N)c2ccc(N)c(C)c2)cc1. The molecule has 0 aliphatic heterocycles. The van der Waals surface area contributed by atoms with Crippen LogP contribution in [0.2, 0.25) is 0 Å². The molecule has 0 bridgehead atoms. The van der Waals surface area contributed by atoms with Crippen LogP contribution >= 0.6 is 0 Å². The van der Waals surface area contributed by atoms with Gasteiger partial charge in [-0.1, -0.05) is 24.3 Å². The second-order valence-corrected chi connectivity index (χ2v) is 4.77. The van der Waals surface area contributed by atoms with E-state index in [0.717, 1.165) is 29.0 Å². The molecule has 100 valence electrons. The van der Waals surface area contributed by atoms with Gasteiger partial charge in [0.2, 0.25) is 0 Å². The second-order valence-electron chi connectivity index (χ2n) is 4.77. The minimum atomic E-state index is -0.0207. The zero-order chi connectivity index (χ0) is 13.8. The fourth-order valence-corrected chi connectivity index (χ4v) is 2.06. The van der Waals surface area contributed by atoms with Gasteiger partial charge in [0.05, 0.1) is 7.11 Å². The molecule has 0 heterocycles. The molecule has 0 amide bonds. The number of nitrogens with two attached hydrogens (primary N) is 2. The van der Waals surface area contributed by atoms with Gasteiger partial charge in [0.15, 0.2) is 0 Å². The van der Waals surface area contributed by atoms with Gasteiger partial charge in [-0.15, -0.1) is 0 Å². The highest BCUT2D eigenvalue weighted by Crippen LogP contribution is 2.21. The first-order valence-electron chi connectivity index (χ1n) is 6.34. The highest BCUT2D eigenvalue weighted by Gasteiger charge is 2.08. The number of benzene rings is 2. The Balaban J connectivity index is 2.10. The first kappa shape index (κ1) is 13.4. The van der Waals surface area contributed by atoms with E-state index >= 15 is 0 Å². The highest BCUT2D eigenvalue weighted by atomic mass is 16.5. The van der Waals surface area contributed by atoms with Gasteiger partial charge in [-0.3, -0.25) is 0 Å². The van der Waals surface area contributed by atoms with E-state index in [1.54, 1.807) is 7.11 Å². The van der Waals surface area contributed by atoms with Gasteiger partial charge in [-0.25, -0.2) is 0 Å². The molecule has 4 N–H and O–H groups in total. The Morgan fingerprint density at radius 1 is 1.11 bits per heavy atom. The molecule has 0 fully saturated rings. The molecule has 0 aliphatic rings. The van der Waals surface area contributed by atoms with Crippen molar-refractivity contribution in [3.63, 3.8) is 0 Å². The molecule has 1 unspecified atom stereocenters. The summed E-state index contributed by atoms with van der Waals surface area (Å²) in [5.74, 6) is 0.862. The standard InChI is InChI=1S/C16H20N2O/c1-11-9-13(5-8-15(11)17)16(18)10-12-3-6-14(19-2)7-4-12/h3-9,16H,10,17-18H2,1-2H3. The van der Waals surface area contributed by atoms with Crippen LogP contribution in [0.1, 0.15) is 22.7 Å². The molecule has 3 heteroatoms. The van der Waals surface area contributed by atoms with Gasteiger partial charge in [-0.2, -0.15) is 0 Å². The van der Waals surface area contributed by atoms with Crippen LogP contribution in [0.4, 0.5) is 5.69 Å². The predicted molar refractivity (Wildman–Crippen MR) is 79.2 cm³/mol. The summed E-state index contributed by atoms with van der Waals surface area (Å²) in [6.45, 7) is 2.00. The number of hydrogen-bond donors (Lipinski definition) is 2. The van der Waals surface area contributed by atoms with Gasteiger partial charge in [0.25, 0.3) is 0 Å². The number of ether oxygens (including phenoxy) is 1. The third-order valence-corrected chi connectivity index (χ3v) is 3.34. The molecule has 2 aromatic rings. The van der Waals surface area contributed by atoms with Crippen molar-refractivity contribution >= 4 is 5.69 Å². The number of anilines is 1. The number of methoxy groups -OCH3 is 1. The van der Waals surface area contributed by atoms with E-state index in [2.05, 4.69) is 6.07 Å². The Morgan fingerprint density at radius 3 is 2.37 bits per heavy atom. The van der Waals surface area contributed by atoms with Gasteiger partial charge >= 0.3 is 0 Å². The Hall–Kier alpha value is -2.00. The lowest BCUT2D eigenvalue weighted by atomic mass is 9.98. The summed E-state index contributed by atoms with van der Waals surface area (Å²) in [6, 6.07) is 13.9. The maximum absolute atomic E-state index is 6.24. The number of hydrogen-bond acceptors (Lipinski definition) is 3. The van der Waals surface area contributed by atoms with Crippen molar-refractivity contribution in [1.29, 1.82) is 0 Å². The van der Waals surface area contributed by atoms with Gasteiger partial charge in [-0.05, 0) is 48.2 Å². The Labute approximate surface area is 114 Å². The monoisotopic (exact) mass is 256 g/mol. The third kappa shape index (κ3) is 3.26. The first-order valence-corrected chi connectivity index (χ1v) is 6.34. The second kappa shape index (κ2) is 5.76. The van der Waals surface area contributed by atoms with Crippen molar-refractivity contribution in [1.82, 2.24) is 0 Å². The van der Waals surface area contributed by atoms with E-state index in [1.165, 1.54) is 5.56 Å². The topological polar surface area (TPSA) is 61.3 Å². The van der Waals surface area contributed by atoms with Crippen LogP contribution in [0.15, 0.2) is 42.5 Å². The Bertz CT molecular complexity index is 549. The molecule has 0 radical (unpaired) electrons. The summed E-state index contributed by atoms with van der Waals surface area (Å²) < 4.78 is 5.14. The Morgan fingerprint density at radius 2 is 1.79 bits per heavy atom. The molecule has 3 nitrogen and oxygen atoms in total. The van der Waals surface area contributed by atoms with Crippen molar-refractivity contribution in [2.75, 3.05) is 12.8 Å². The van der Waals surface area contributed by atoms with E-state index < -0.39 is 0 Å². The minimum absolute atomic E-state index is 0.0207. The lowest BCUT2D eigenvalue weighted by Gasteiger charge is -2.14. The molecular formula is C16H20N2O. The number of aryl methyl sites for hydroxylation is 1. The van der Waals surface area contributed by atoms with Crippen molar-refractivity contribution in [3.05, 3.63) is 59.2 Å². The average Bonchev–Trinajstić information content (AvgIpc) is 2.42. The fourth-order valence-electron chi connectivity index (χ4n) is 2.06. The molecule has 1 atom stereocenters. The average molecular weight is 256 g/mol. The van der Waals surface area contributed by atoms with Crippen molar-refractivity contribution in [2.24, 2.45) is 5.73 Å². The summed E-state index contributed by atoms with van der Waals surface area (Å²) in [6.07, 6.45) is 0.799. The molecule has 2 rings (SSSR count). The maximum atomic E-state index is 6.24. The van der Waals surface area contributed by atoms with Crippen LogP contribution in [-0.4, -0.2) is 7.11 Å². The molecule has 0 saturated heterocycles. The van der Waals surface area contributed by atoms with Crippen LogP contribution in [-0.2, 0) is 6.42 Å². The van der Waals surface area contributed by atoms with Crippen molar-refractivity contribution in [3.8, 4) is 5.75 Å². The summed E-state index contributed by atoms with van der Waals surface area (Å²) in [5, 5.41) is 0. The molecule has 2 aromatic carbocycles. The lowest BCUT2D eigenvalue weighted by Crippen LogP contribution is -2.13. The number of nitrogen functional groups attached to an aromatic ring is 1. The molecular weight excluding hydrogens is 236 g/mol. The normalized spacial score (nSPS) is 12.2. The van der Waals surface area contributed by atoms with Crippen LogP contribution < -0.4 is 16.2 Å². The van der Waals surface area contributed by atoms with E-state index in [1.807, 2.05) is 43.3 Å². The maximum Gasteiger partial charge on any atom is 0.118 e. The first-order chi connectivity index (χ1) is 9.10. The zero-order valence-corrected chi connectivity index (χ0v) is 11.4. The van der Waals surface area contributed by atoms with Gasteiger partial charge in [0, 0.05) is 11.7 Å². The van der Waals surface area contributed by atoms with E-state index in [-0.39, 0.29) is 6.04 Å². The largest absolute Gasteiger partial charge is 0.497 e. The van der Waals surface area contributed by atoms with E-state index in [9.17, 15) is 0 Å². The quantitative estimate of drug-likeness (QED) is 0.827. The highest BCUT2D eigenvalue weighted by molar-refractivity contribution is 5.48. The molecule has 0 aliphatic carbocycles. The minimum Gasteiger partial charge on any atom is -0.497 e. The molecule has 0 aromatic heterocycles. The summed E-state index contributed by atoms with van der Waals surface area (Å²) >= 11 is 0. The van der Waals surface area contributed by atoms with Crippen LogP contribution in [0.3, 0.4) is 0 Å². The van der Waals surface area contributed by atoms with Crippen LogP contribution in [0.25, 0.3) is 0 Å².